The van der Waals surface area contributed by atoms with Crippen molar-refractivity contribution >= 4 is 33.2 Å². The van der Waals surface area contributed by atoms with Crippen LogP contribution in [0.2, 0.25) is 10.0 Å². The number of hydrogen-bond donors (Lipinski definition) is 1. The molecule has 1 aromatic carbocycles. The third-order valence-corrected chi connectivity index (χ3v) is 6.68. The van der Waals surface area contributed by atoms with Gasteiger partial charge in [-0.25, -0.2) is 8.42 Å². The van der Waals surface area contributed by atoms with Crippen LogP contribution in [0, 0.1) is 5.92 Å². The number of piperidine rings is 1. The van der Waals surface area contributed by atoms with E-state index in [1.807, 2.05) is 0 Å². The normalized spacial score (nSPS) is 20.7. The van der Waals surface area contributed by atoms with E-state index in [0.29, 0.717) is 29.6 Å². The standard InChI is InChI=1S/C14H20Cl2N2O2S/c1-2-10-4-3-5-18(9-10)21(19,20)14-6-11(8-17)12(15)7-13(14)16/h6-7,10H,2-5,8-9,17H2,1H3. The van der Waals surface area contributed by atoms with E-state index in [9.17, 15) is 8.42 Å². The fourth-order valence-electron chi connectivity index (χ4n) is 2.64. The Kier molecular flexibility index (Phi) is 5.54. The molecule has 4 nitrogen and oxygen atoms in total. The quantitative estimate of drug-likeness (QED) is 0.906. The first-order valence-corrected chi connectivity index (χ1v) is 9.27. The molecule has 1 aromatic rings. The average molecular weight is 351 g/mol. The Morgan fingerprint density at radius 1 is 1.33 bits per heavy atom. The Labute approximate surface area is 136 Å². The zero-order chi connectivity index (χ0) is 15.6. The minimum absolute atomic E-state index is 0.103. The highest BCUT2D eigenvalue weighted by Gasteiger charge is 2.31. The molecule has 1 fully saturated rings. The van der Waals surface area contributed by atoms with Crippen LogP contribution in [-0.2, 0) is 16.6 Å². The Hall–Kier alpha value is -0.330. The first kappa shape index (κ1) is 17.0. The molecular weight excluding hydrogens is 331 g/mol. The smallest absolute Gasteiger partial charge is 0.244 e. The molecular formula is C14H20Cl2N2O2S. The molecule has 0 aliphatic carbocycles. The van der Waals surface area contributed by atoms with Crippen molar-refractivity contribution in [3.05, 3.63) is 27.7 Å². The molecule has 1 atom stereocenters. The largest absolute Gasteiger partial charge is 0.326 e. The number of halogens is 2. The molecule has 1 aliphatic rings. The summed E-state index contributed by atoms with van der Waals surface area (Å²) in [5.74, 6) is 0.411. The molecule has 0 radical (unpaired) electrons. The van der Waals surface area contributed by atoms with Gasteiger partial charge in [-0.1, -0.05) is 36.5 Å². The lowest BCUT2D eigenvalue weighted by atomic mass is 9.97. The minimum atomic E-state index is -3.60. The number of hydrogen-bond acceptors (Lipinski definition) is 3. The fraction of sp³-hybridized carbons (Fsp3) is 0.571. The van der Waals surface area contributed by atoms with Crippen LogP contribution in [0.15, 0.2) is 17.0 Å². The van der Waals surface area contributed by atoms with Crippen LogP contribution >= 0.6 is 23.2 Å². The predicted octanol–water partition coefficient (Wildman–Crippen LogP) is 3.26. The maximum absolute atomic E-state index is 12.8. The van der Waals surface area contributed by atoms with Gasteiger partial charge in [-0.2, -0.15) is 4.31 Å². The summed E-state index contributed by atoms with van der Waals surface area (Å²) in [6, 6.07) is 2.95. The minimum Gasteiger partial charge on any atom is -0.326 e. The third-order valence-electron chi connectivity index (χ3n) is 4.00. The second-order valence-electron chi connectivity index (χ2n) is 5.36. The molecule has 2 rings (SSSR count). The molecule has 118 valence electrons. The lowest BCUT2D eigenvalue weighted by Crippen LogP contribution is -2.39. The summed E-state index contributed by atoms with van der Waals surface area (Å²) in [6.45, 7) is 3.35. The van der Waals surface area contributed by atoms with Gasteiger partial charge in [0.25, 0.3) is 0 Å². The van der Waals surface area contributed by atoms with E-state index in [1.165, 1.54) is 16.4 Å². The third kappa shape index (κ3) is 3.54. The first-order valence-electron chi connectivity index (χ1n) is 7.08. The molecule has 0 saturated carbocycles. The highest BCUT2D eigenvalue weighted by atomic mass is 35.5. The summed E-state index contributed by atoms with van der Waals surface area (Å²) in [6.07, 6.45) is 2.94. The Morgan fingerprint density at radius 3 is 2.67 bits per heavy atom. The van der Waals surface area contributed by atoms with Gasteiger partial charge in [0.15, 0.2) is 0 Å². The Balaban J connectivity index is 2.39. The number of sulfonamides is 1. The van der Waals surface area contributed by atoms with Gasteiger partial charge in [0.1, 0.15) is 4.90 Å². The van der Waals surface area contributed by atoms with Crippen LogP contribution < -0.4 is 5.73 Å². The van der Waals surface area contributed by atoms with Crippen molar-refractivity contribution in [1.82, 2.24) is 4.31 Å². The maximum Gasteiger partial charge on any atom is 0.244 e. The van der Waals surface area contributed by atoms with Gasteiger partial charge in [-0.15, -0.1) is 0 Å². The summed E-state index contributed by atoms with van der Waals surface area (Å²) < 4.78 is 27.1. The van der Waals surface area contributed by atoms with Crippen LogP contribution in [0.5, 0.6) is 0 Å². The summed E-state index contributed by atoms with van der Waals surface area (Å²) in [7, 11) is -3.60. The molecule has 1 saturated heterocycles. The van der Waals surface area contributed by atoms with Crippen molar-refractivity contribution in [2.75, 3.05) is 13.1 Å². The molecule has 2 N–H and O–H groups in total. The van der Waals surface area contributed by atoms with Gasteiger partial charge in [-0.05, 0) is 36.5 Å². The monoisotopic (exact) mass is 350 g/mol. The molecule has 1 heterocycles. The number of nitrogens with zero attached hydrogens (tertiary/aromatic N) is 1. The highest BCUT2D eigenvalue weighted by Crippen LogP contribution is 2.32. The molecule has 21 heavy (non-hydrogen) atoms. The highest BCUT2D eigenvalue weighted by molar-refractivity contribution is 7.89. The predicted molar refractivity (Wildman–Crippen MR) is 86.1 cm³/mol. The zero-order valence-corrected chi connectivity index (χ0v) is 14.3. The van der Waals surface area contributed by atoms with Gasteiger partial charge in [0, 0.05) is 24.7 Å². The van der Waals surface area contributed by atoms with Crippen molar-refractivity contribution in [3.8, 4) is 0 Å². The molecule has 0 bridgehead atoms. The molecule has 1 aliphatic heterocycles. The van der Waals surface area contributed by atoms with E-state index in [0.717, 1.165) is 19.3 Å². The van der Waals surface area contributed by atoms with E-state index in [-0.39, 0.29) is 16.5 Å². The Morgan fingerprint density at radius 2 is 2.05 bits per heavy atom. The fourth-order valence-corrected chi connectivity index (χ4v) is 5.05. The van der Waals surface area contributed by atoms with Crippen LogP contribution in [0.1, 0.15) is 31.7 Å². The molecule has 0 aromatic heterocycles. The van der Waals surface area contributed by atoms with Crippen LogP contribution in [0.4, 0.5) is 0 Å². The second kappa shape index (κ2) is 6.84. The SMILES string of the molecule is CCC1CCCN(S(=O)(=O)c2cc(CN)c(Cl)cc2Cl)C1. The maximum atomic E-state index is 12.8. The number of nitrogens with two attached hydrogens (primary N) is 1. The van der Waals surface area contributed by atoms with Crippen LogP contribution in [-0.4, -0.2) is 25.8 Å². The van der Waals surface area contributed by atoms with E-state index >= 15 is 0 Å². The number of rotatable bonds is 4. The molecule has 7 heteroatoms. The lowest BCUT2D eigenvalue weighted by molar-refractivity contribution is 0.261. The zero-order valence-electron chi connectivity index (χ0n) is 12.0. The van der Waals surface area contributed by atoms with Crippen LogP contribution in [0.25, 0.3) is 0 Å². The average Bonchev–Trinajstić information content (AvgIpc) is 2.47. The first-order chi connectivity index (χ1) is 9.90. The van der Waals surface area contributed by atoms with E-state index in [4.69, 9.17) is 28.9 Å². The summed E-state index contributed by atoms with van der Waals surface area (Å²) >= 11 is 12.1. The van der Waals surface area contributed by atoms with Gasteiger partial charge in [0.05, 0.1) is 5.02 Å². The van der Waals surface area contributed by atoms with Crippen molar-refractivity contribution in [3.63, 3.8) is 0 Å². The summed E-state index contributed by atoms with van der Waals surface area (Å²) in [5, 5.41) is 0.544. The van der Waals surface area contributed by atoms with Crippen molar-refractivity contribution in [2.24, 2.45) is 11.7 Å². The summed E-state index contributed by atoms with van der Waals surface area (Å²) in [4.78, 5) is 0.103. The number of benzene rings is 1. The van der Waals surface area contributed by atoms with Crippen molar-refractivity contribution in [1.29, 1.82) is 0 Å². The molecule has 0 spiro atoms. The topological polar surface area (TPSA) is 63.4 Å². The Bertz CT molecular complexity index is 620. The second-order valence-corrected chi connectivity index (χ2v) is 8.08. The van der Waals surface area contributed by atoms with Gasteiger partial charge < -0.3 is 5.73 Å². The van der Waals surface area contributed by atoms with Gasteiger partial charge >= 0.3 is 0 Å². The molecule has 0 amide bonds. The molecule has 1 unspecified atom stereocenters. The van der Waals surface area contributed by atoms with E-state index < -0.39 is 10.0 Å². The van der Waals surface area contributed by atoms with Crippen molar-refractivity contribution in [2.45, 2.75) is 37.6 Å². The van der Waals surface area contributed by atoms with Gasteiger partial charge in [-0.3, -0.25) is 0 Å². The van der Waals surface area contributed by atoms with E-state index in [2.05, 4.69) is 6.92 Å². The summed E-state index contributed by atoms with van der Waals surface area (Å²) in [5.41, 5.74) is 6.19. The van der Waals surface area contributed by atoms with Crippen molar-refractivity contribution < 1.29 is 8.42 Å². The lowest BCUT2D eigenvalue weighted by Gasteiger charge is -2.31. The van der Waals surface area contributed by atoms with E-state index in [1.54, 1.807) is 0 Å². The van der Waals surface area contributed by atoms with Gasteiger partial charge in [0.2, 0.25) is 10.0 Å². The van der Waals surface area contributed by atoms with Crippen LogP contribution in [0.3, 0.4) is 0 Å².